The number of nitrogens with zero attached hydrogens (tertiary/aromatic N) is 2. The van der Waals surface area contributed by atoms with Crippen LogP contribution in [0.3, 0.4) is 0 Å². The Morgan fingerprint density at radius 2 is 2.45 bits per heavy atom. The summed E-state index contributed by atoms with van der Waals surface area (Å²) in [6.07, 6.45) is 1.15. The van der Waals surface area contributed by atoms with E-state index in [2.05, 4.69) is 23.7 Å². The number of rotatable bonds is 1. The van der Waals surface area contributed by atoms with Crippen molar-refractivity contribution in [3.63, 3.8) is 0 Å². The summed E-state index contributed by atoms with van der Waals surface area (Å²) in [5, 5.41) is 2.61. The highest BCUT2D eigenvalue weighted by Gasteiger charge is 2.21. The van der Waals surface area contributed by atoms with E-state index in [1.807, 2.05) is 11.3 Å². The molecule has 0 fully saturated rings. The number of anilines is 1. The molecule has 1 aliphatic rings. The average molecular weight is 168 g/mol. The Morgan fingerprint density at radius 3 is 3.18 bits per heavy atom. The van der Waals surface area contributed by atoms with Crippen LogP contribution < -0.4 is 4.90 Å². The summed E-state index contributed by atoms with van der Waals surface area (Å²) in [6, 6.07) is 0. The zero-order chi connectivity index (χ0) is 7.84. The summed E-state index contributed by atoms with van der Waals surface area (Å²) < 4.78 is 0. The zero-order valence-electron chi connectivity index (χ0n) is 6.92. The molecular formula is C8H12N2S. The Morgan fingerprint density at radius 1 is 1.64 bits per heavy atom. The lowest BCUT2D eigenvalue weighted by atomic mass is 10.4. The molecule has 1 aromatic heterocycles. The van der Waals surface area contributed by atoms with Crippen LogP contribution >= 0.6 is 11.3 Å². The molecule has 0 unspecified atom stereocenters. The topological polar surface area (TPSA) is 16.1 Å². The van der Waals surface area contributed by atoms with Crippen molar-refractivity contribution in [2.75, 3.05) is 18.0 Å². The largest absolute Gasteiger partial charge is 0.362 e. The maximum atomic E-state index is 4.47. The van der Waals surface area contributed by atoms with Crippen LogP contribution in [0.25, 0.3) is 0 Å². The smallest absolute Gasteiger partial charge is 0.115 e. The molecular weight excluding hydrogens is 156 g/mol. The molecule has 0 N–H and O–H groups in total. The van der Waals surface area contributed by atoms with Gasteiger partial charge in [0.15, 0.2) is 0 Å². The van der Waals surface area contributed by atoms with Crippen LogP contribution in [-0.2, 0) is 6.42 Å². The fourth-order valence-corrected chi connectivity index (χ4v) is 2.56. The molecule has 2 rings (SSSR count). The number of fused-ring (bicyclic) bond motifs is 1. The molecule has 0 saturated heterocycles. The molecule has 2 heterocycles. The van der Waals surface area contributed by atoms with Crippen LogP contribution in [-0.4, -0.2) is 18.1 Å². The zero-order valence-corrected chi connectivity index (χ0v) is 7.74. The molecule has 1 aromatic rings. The standard InChI is InChI=1S/C8H12N2S/c1-3-10-5-4-7-8(10)11-6(2)9-7/h3-5H2,1-2H3. The van der Waals surface area contributed by atoms with Gasteiger partial charge in [-0.1, -0.05) is 0 Å². The van der Waals surface area contributed by atoms with Gasteiger partial charge in [0.2, 0.25) is 0 Å². The maximum absolute atomic E-state index is 4.47. The lowest BCUT2D eigenvalue weighted by Gasteiger charge is -2.12. The molecule has 0 aromatic carbocycles. The van der Waals surface area contributed by atoms with E-state index in [4.69, 9.17) is 0 Å². The van der Waals surface area contributed by atoms with Crippen molar-refractivity contribution < 1.29 is 0 Å². The molecule has 1 aliphatic heterocycles. The molecule has 60 valence electrons. The van der Waals surface area contributed by atoms with Crippen LogP contribution in [0.1, 0.15) is 17.6 Å². The third-order valence-corrected chi connectivity index (χ3v) is 3.14. The third-order valence-electron chi connectivity index (χ3n) is 2.07. The third kappa shape index (κ3) is 1.03. The average Bonchev–Trinajstić information content (AvgIpc) is 2.45. The fraction of sp³-hybridized carbons (Fsp3) is 0.625. The van der Waals surface area contributed by atoms with Gasteiger partial charge < -0.3 is 4.90 Å². The predicted molar refractivity (Wildman–Crippen MR) is 48.4 cm³/mol. The van der Waals surface area contributed by atoms with Gasteiger partial charge in [-0.2, -0.15) is 0 Å². The quantitative estimate of drug-likeness (QED) is 0.636. The van der Waals surface area contributed by atoms with Gasteiger partial charge >= 0.3 is 0 Å². The Hall–Kier alpha value is -0.570. The van der Waals surface area contributed by atoms with Gasteiger partial charge in [-0.15, -0.1) is 11.3 Å². The monoisotopic (exact) mass is 168 g/mol. The SMILES string of the molecule is CCN1CCc2nc(C)sc21. The van der Waals surface area contributed by atoms with Gasteiger partial charge in [-0.05, 0) is 13.8 Å². The van der Waals surface area contributed by atoms with E-state index in [0.29, 0.717) is 0 Å². The first-order valence-electron chi connectivity index (χ1n) is 4.02. The molecule has 2 nitrogen and oxygen atoms in total. The van der Waals surface area contributed by atoms with E-state index in [1.165, 1.54) is 22.2 Å². The molecule has 0 radical (unpaired) electrons. The number of aromatic nitrogens is 1. The summed E-state index contributed by atoms with van der Waals surface area (Å²) in [4.78, 5) is 6.87. The van der Waals surface area contributed by atoms with E-state index in [1.54, 1.807) is 0 Å². The molecule has 0 amide bonds. The highest BCUT2D eigenvalue weighted by Crippen LogP contribution is 2.33. The second-order valence-corrected chi connectivity index (χ2v) is 4.00. The van der Waals surface area contributed by atoms with Crippen molar-refractivity contribution in [2.24, 2.45) is 0 Å². The first-order chi connectivity index (χ1) is 5.31. The summed E-state index contributed by atoms with van der Waals surface area (Å²) in [5.74, 6) is 0. The van der Waals surface area contributed by atoms with E-state index in [0.717, 1.165) is 13.0 Å². The van der Waals surface area contributed by atoms with Gasteiger partial charge in [0, 0.05) is 19.5 Å². The lowest BCUT2D eigenvalue weighted by molar-refractivity contribution is 0.865. The van der Waals surface area contributed by atoms with Crippen LogP contribution in [0.2, 0.25) is 0 Å². The summed E-state index contributed by atoms with van der Waals surface area (Å²) in [6.45, 7) is 6.57. The van der Waals surface area contributed by atoms with Crippen molar-refractivity contribution >= 4 is 16.3 Å². The second kappa shape index (κ2) is 2.48. The Labute approximate surface area is 70.9 Å². The maximum Gasteiger partial charge on any atom is 0.115 e. The molecule has 0 spiro atoms. The Kier molecular flexibility index (Phi) is 1.60. The number of hydrogen-bond acceptors (Lipinski definition) is 3. The molecule has 11 heavy (non-hydrogen) atoms. The normalized spacial score (nSPS) is 15.6. The first-order valence-corrected chi connectivity index (χ1v) is 4.84. The minimum atomic E-state index is 1.12. The van der Waals surface area contributed by atoms with E-state index in [-0.39, 0.29) is 0 Å². The molecule has 3 heteroatoms. The van der Waals surface area contributed by atoms with Crippen molar-refractivity contribution in [1.82, 2.24) is 4.98 Å². The molecule has 0 atom stereocenters. The van der Waals surface area contributed by atoms with Gasteiger partial charge in [0.1, 0.15) is 5.00 Å². The number of thiazole rings is 1. The molecule has 0 aliphatic carbocycles. The Bertz CT molecular complexity index is 267. The van der Waals surface area contributed by atoms with Gasteiger partial charge in [-0.25, -0.2) is 4.98 Å². The summed E-state index contributed by atoms with van der Waals surface area (Å²) in [7, 11) is 0. The van der Waals surface area contributed by atoms with Crippen LogP contribution in [0, 0.1) is 6.92 Å². The molecule has 0 saturated carbocycles. The second-order valence-electron chi connectivity index (χ2n) is 2.81. The van der Waals surface area contributed by atoms with E-state index >= 15 is 0 Å². The Balaban J connectivity index is 2.37. The summed E-state index contributed by atoms with van der Waals surface area (Å²) in [5.41, 5.74) is 1.31. The van der Waals surface area contributed by atoms with Gasteiger partial charge in [-0.3, -0.25) is 0 Å². The minimum Gasteiger partial charge on any atom is -0.362 e. The van der Waals surface area contributed by atoms with Crippen molar-refractivity contribution in [3.8, 4) is 0 Å². The summed E-state index contributed by atoms with van der Waals surface area (Å²) >= 11 is 1.82. The van der Waals surface area contributed by atoms with Crippen LogP contribution in [0.15, 0.2) is 0 Å². The number of aryl methyl sites for hydroxylation is 1. The van der Waals surface area contributed by atoms with Crippen LogP contribution in [0.4, 0.5) is 5.00 Å². The van der Waals surface area contributed by atoms with Crippen molar-refractivity contribution in [1.29, 1.82) is 0 Å². The van der Waals surface area contributed by atoms with Gasteiger partial charge in [0.25, 0.3) is 0 Å². The van der Waals surface area contributed by atoms with E-state index in [9.17, 15) is 0 Å². The predicted octanol–water partition coefficient (Wildman–Crippen LogP) is 1.83. The number of likely N-dealkylation sites (N-methyl/N-ethyl adjacent to an activating group) is 1. The minimum absolute atomic E-state index is 1.12. The first kappa shape index (κ1) is 7.10. The van der Waals surface area contributed by atoms with Crippen molar-refractivity contribution in [3.05, 3.63) is 10.7 Å². The van der Waals surface area contributed by atoms with E-state index < -0.39 is 0 Å². The van der Waals surface area contributed by atoms with Crippen molar-refractivity contribution in [2.45, 2.75) is 20.3 Å². The highest BCUT2D eigenvalue weighted by atomic mass is 32.1. The fourth-order valence-electron chi connectivity index (χ4n) is 1.51. The highest BCUT2D eigenvalue weighted by molar-refractivity contribution is 7.15. The van der Waals surface area contributed by atoms with Gasteiger partial charge in [0.05, 0.1) is 10.7 Å². The van der Waals surface area contributed by atoms with Crippen LogP contribution in [0.5, 0.6) is 0 Å². The number of hydrogen-bond donors (Lipinski definition) is 0. The lowest BCUT2D eigenvalue weighted by Crippen LogP contribution is -2.18. The molecule has 0 bridgehead atoms.